The van der Waals surface area contributed by atoms with Crippen LogP contribution >= 0.6 is 0 Å². The standard InChI is InChI=1S/C25H30N2O7/c1-6-32-20-13-12-17(14-21(20)33-7-2)22(28)18-10-8-9-11-19(18)24(30)34-16(5)23(29)27-25(31)26-15(3)4/h8-16H,6-7H2,1-5H3,(H2,26,27,29,31). The Morgan fingerprint density at radius 3 is 2.09 bits per heavy atom. The van der Waals surface area contributed by atoms with Crippen molar-refractivity contribution in [3.63, 3.8) is 0 Å². The molecule has 2 N–H and O–H groups in total. The van der Waals surface area contributed by atoms with Crippen LogP contribution < -0.4 is 20.1 Å². The maximum atomic E-state index is 13.2. The molecule has 9 heteroatoms. The highest BCUT2D eigenvalue weighted by Gasteiger charge is 2.25. The summed E-state index contributed by atoms with van der Waals surface area (Å²) in [6.45, 7) is 9.30. The Kier molecular flexibility index (Phi) is 9.61. The monoisotopic (exact) mass is 470 g/mol. The molecule has 2 rings (SSSR count). The van der Waals surface area contributed by atoms with Crippen molar-refractivity contribution in [2.45, 2.75) is 46.8 Å². The summed E-state index contributed by atoms with van der Waals surface area (Å²) < 4.78 is 16.3. The number of carbonyl (C=O) groups is 4. The van der Waals surface area contributed by atoms with E-state index in [0.717, 1.165) is 0 Å². The number of carbonyl (C=O) groups excluding carboxylic acids is 4. The van der Waals surface area contributed by atoms with Crippen molar-refractivity contribution in [3.05, 3.63) is 59.2 Å². The van der Waals surface area contributed by atoms with E-state index in [2.05, 4.69) is 10.6 Å². The maximum absolute atomic E-state index is 13.2. The quantitative estimate of drug-likeness (QED) is 0.403. The molecular weight excluding hydrogens is 440 g/mol. The van der Waals surface area contributed by atoms with Crippen LogP contribution in [0.5, 0.6) is 11.5 Å². The molecule has 3 amide bonds. The minimum absolute atomic E-state index is 0.00868. The van der Waals surface area contributed by atoms with E-state index in [0.29, 0.717) is 30.3 Å². The number of hydrogen-bond donors (Lipinski definition) is 2. The molecule has 9 nitrogen and oxygen atoms in total. The first-order valence-electron chi connectivity index (χ1n) is 11.0. The Labute approximate surface area is 198 Å². The molecule has 0 aliphatic carbocycles. The summed E-state index contributed by atoms with van der Waals surface area (Å²) >= 11 is 0. The highest BCUT2D eigenvalue weighted by atomic mass is 16.5. The zero-order chi connectivity index (χ0) is 25.3. The zero-order valence-corrected chi connectivity index (χ0v) is 20.0. The molecule has 0 bridgehead atoms. The molecule has 0 saturated heterocycles. The molecule has 2 aromatic rings. The molecule has 182 valence electrons. The fraction of sp³-hybridized carbons (Fsp3) is 0.360. The number of rotatable bonds is 10. The van der Waals surface area contributed by atoms with Crippen molar-refractivity contribution in [2.24, 2.45) is 0 Å². The number of imide groups is 1. The third kappa shape index (κ3) is 7.06. The Balaban J connectivity index is 2.22. The summed E-state index contributed by atoms with van der Waals surface area (Å²) in [5.74, 6) is -1.16. The van der Waals surface area contributed by atoms with Crippen LogP contribution in [0.15, 0.2) is 42.5 Å². The summed E-state index contributed by atoms with van der Waals surface area (Å²) in [5, 5.41) is 4.61. The van der Waals surface area contributed by atoms with Gasteiger partial charge in [-0.25, -0.2) is 9.59 Å². The predicted octanol–water partition coefficient (Wildman–Crippen LogP) is 3.49. The number of amides is 3. The van der Waals surface area contributed by atoms with Crippen LogP contribution in [0.1, 0.15) is 60.9 Å². The number of hydrogen-bond acceptors (Lipinski definition) is 7. The second-order valence-electron chi connectivity index (χ2n) is 7.57. The smallest absolute Gasteiger partial charge is 0.339 e. The number of ketones is 1. The topological polar surface area (TPSA) is 120 Å². The van der Waals surface area contributed by atoms with Crippen molar-refractivity contribution in [1.29, 1.82) is 0 Å². The van der Waals surface area contributed by atoms with E-state index >= 15 is 0 Å². The lowest BCUT2D eigenvalue weighted by Crippen LogP contribution is -2.46. The Hall–Kier alpha value is -3.88. The van der Waals surface area contributed by atoms with Crippen molar-refractivity contribution in [3.8, 4) is 11.5 Å². The summed E-state index contributed by atoms with van der Waals surface area (Å²) in [7, 11) is 0. The molecule has 0 fully saturated rings. The molecule has 0 saturated carbocycles. The van der Waals surface area contributed by atoms with Gasteiger partial charge < -0.3 is 19.5 Å². The highest BCUT2D eigenvalue weighted by molar-refractivity contribution is 6.15. The molecular formula is C25H30N2O7. The van der Waals surface area contributed by atoms with Gasteiger partial charge in [0.15, 0.2) is 23.4 Å². The molecule has 0 heterocycles. The lowest BCUT2D eigenvalue weighted by atomic mass is 9.98. The molecule has 34 heavy (non-hydrogen) atoms. The predicted molar refractivity (Wildman–Crippen MR) is 125 cm³/mol. The van der Waals surface area contributed by atoms with Crippen LogP contribution in [0.4, 0.5) is 4.79 Å². The fourth-order valence-corrected chi connectivity index (χ4v) is 3.00. The molecule has 0 aliphatic heterocycles. The molecule has 1 unspecified atom stereocenters. The van der Waals surface area contributed by atoms with Gasteiger partial charge in [0, 0.05) is 17.2 Å². The van der Waals surface area contributed by atoms with E-state index in [1.807, 2.05) is 13.8 Å². The summed E-state index contributed by atoms with van der Waals surface area (Å²) in [5.41, 5.74) is 0.387. The van der Waals surface area contributed by atoms with Gasteiger partial charge in [-0.15, -0.1) is 0 Å². The van der Waals surface area contributed by atoms with Gasteiger partial charge in [-0.3, -0.25) is 14.9 Å². The summed E-state index contributed by atoms with van der Waals surface area (Å²) in [4.78, 5) is 49.9. The minimum atomic E-state index is -1.26. The third-order valence-electron chi connectivity index (χ3n) is 4.51. The number of urea groups is 1. The van der Waals surface area contributed by atoms with Crippen molar-refractivity contribution < 1.29 is 33.4 Å². The van der Waals surface area contributed by atoms with Crippen LogP contribution in [0.3, 0.4) is 0 Å². The van der Waals surface area contributed by atoms with Crippen LogP contribution in [-0.4, -0.2) is 49.1 Å². The van der Waals surface area contributed by atoms with Crippen molar-refractivity contribution >= 4 is 23.7 Å². The summed E-state index contributed by atoms with van der Waals surface area (Å²) in [6, 6.07) is 10.0. The van der Waals surface area contributed by atoms with Gasteiger partial charge in [-0.05, 0) is 58.9 Å². The minimum Gasteiger partial charge on any atom is -0.490 e. The van der Waals surface area contributed by atoms with E-state index in [4.69, 9.17) is 14.2 Å². The molecule has 1 atom stereocenters. The van der Waals surface area contributed by atoms with Crippen LogP contribution in [0.25, 0.3) is 0 Å². The van der Waals surface area contributed by atoms with E-state index in [-0.39, 0.29) is 17.2 Å². The van der Waals surface area contributed by atoms with Gasteiger partial charge in [0.2, 0.25) is 0 Å². The fourth-order valence-electron chi connectivity index (χ4n) is 3.00. The van der Waals surface area contributed by atoms with Gasteiger partial charge >= 0.3 is 12.0 Å². The number of nitrogens with one attached hydrogen (secondary N) is 2. The second-order valence-corrected chi connectivity index (χ2v) is 7.57. The number of ether oxygens (including phenoxy) is 3. The first kappa shape index (κ1) is 26.4. The molecule has 0 aromatic heterocycles. The molecule has 0 radical (unpaired) electrons. The Morgan fingerprint density at radius 1 is 0.853 bits per heavy atom. The summed E-state index contributed by atoms with van der Waals surface area (Å²) in [6.07, 6.45) is -1.26. The van der Waals surface area contributed by atoms with Gasteiger partial charge in [0.05, 0.1) is 18.8 Å². The van der Waals surface area contributed by atoms with Crippen molar-refractivity contribution in [1.82, 2.24) is 10.6 Å². The van der Waals surface area contributed by atoms with Crippen LogP contribution in [0, 0.1) is 0 Å². The van der Waals surface area contributed by atoms with E-state index in [9.17, 15) is 19.2 Å². The lowest BCUT2D eigenvalue weighted by Gasteiger charge is -2.16. The Morgan fingerprint density at radius 2 is 1.47 bits per heavy atom. The van der Waals surface area contributed by atoms with E-state index < -0.39 is 29.8 Å². The van der Waals surface area contributed by atoms with Crippen molar-refractivity contribution in [2.75, 3.05) is 13.2 Å². The van der Waals surface area contributed by atoms with E-state index in [1.54, 1.807) is 44.2 Å². The third-order valence-corrected chi connectivity index (χ3v) is 4.51. The zero-order valence-electron chi connectivity index (χ0n) is 20.0. The number of benzene rings is 2. The average Bonchev–Trinajstić information content (AvgIpc) is 2.79. The number of esters is 1. The SMILES string of the molecule is CCOc1ccc(C(=O)c2ccccc2C(=O)OC(C)C(=O)NC(=O)NC(C)C)cc1OCC. The van der Waals surface area contributed by atoms with E-state index in [1.165, 1.54) is 19.1 Å². The van der Waals surface area contributed by atoms with Crippen LogP contribution in [0.2, 0.25) is 0 Å². The van der Waals surface area contributed by atoms with Crippen LogP contribution in [-0.2, 0) is 9.53 Å². The molecule has 0 spiro atoms. The maximum Gasteiger partial charge on any atom is 0.339 e. The highest BCUT2D eigenvalue weighted by Crippen LogP contribution is 2.30. The normalized spacial score (nSPS) is 11.4. The van der Waals surface area contributed by atoms with Gasteiger partial charge in [-0.2, -0.15) is 0 Å². The van der Waals surface area contributed by atoms with Gasteiger partial charge in [-0.1, -0.05) is 18.2 Å². The lowest BCUT2D eigenvalue weighted by molar-refractivity contribution is -0.127. The first-order valence-corrected chi connectivity index (χ1v) is 11.0. The van der Waals surface area contributed by atoms with Gasteiger partial charge in [0.1, 0.15) is 0 Å². The largest absolute Gasteiger partial charge is 0.490 e. The Bertz CT molecular complexity index is 1050. The van der Waals surface area contributed by atoms with Gasteiger partial charge in [0.25, 0.3) is 5.91 Å². The first-order chi connectivity index (χ1) is 16.2. The average molecular weight is 471 g/mol. The molecule has 2 aromatic carbocycles. The second kappa shape index (κ2) is 12.4. The molecule has 0 aliphatic rings.